The lowest BCUT2D eigenvalue weighted by molar-refractivity contribution is 0.150. The monoisotopic (exact) mass is 197 g/mol. The summed E-state index contributed by atoms with van der Waals surface area (Å²) >= 11 is 0. The van der Waals surface area contributed by atoms with E-state index in [2.05, 4.69) is 10.2 Å². The van der Waals surface area contributed by atoms with Crippen LogP contribution in [0.4, 0.5) is 4.79 Å². The van der Waals surface area contributed by atoms with Crippen LogP contribution >= 0.6 is 0 Å². The van der Waals surface area contributed by atoms with Gasteiger partial charge in [-0.05, 0) is 25.8 Å². The summed E-state index contributed by atoms with van der Waals surface area (Å²) in [5.41, 5.74) is 0. The zero-order valence-corrected chi connectivity index (χ0v) is 8.99. The lowest BCUT2D eigenvalue weighted by Gasteiger charge is -2.30. The zero-order valence-electron chi connectivity index (χ0n) is 8.99. The van der Waals surface area contributed by atoms with Gasteiger partial charge in [-0.3, -0.25) is 0 Å². The molecule has 2 saturated heterocycles. The summed E-state index contributed by atoms with van der Waals surface area (Å²) in [4.78, 5) is 15.7. The van der Waals surface area contributed by atoms with E-state index < -0.39 is 0 Å². The molecule has 0 aromatic heterocycles. The van der Waals surface area contributed by atoms with Gasteiger partial charge < -0.3 is 15.1 Å². The molecule has 1 N–H and O–H groups in total. The Hall–Kier alpha value is -0.770. The van der Waals surface area contributed by atoms with Gasteiger partial charge in [0.05, 0.1) is 0 Å². The first-order valence-electron chi connectivity index (χ1n) is 5.40. The van der Waals surface area contributed by atoms with Crippen molar-refractivity contribution in [1.82, 2.24) is 15.1 Å². The van der Waals surface area contributed by atoms with Crippen LogP contribution in [0, 0.1) is 0 Å². The van der Waals surface area contributed by atoms with Crippen LogP contribution in [0.25, 0.3) is 0 Å². The van der Waals surface area contributed by atoms with Crippen molar-refractivity contribution in [3.8, 4) is 0 Å². The molecule has 2 heterocycles. The highest BCUT2D eigenvalue weighted by atomic mass is 16.2. The highest BCUT2D eigenvalue weighted by Gasteiger charge is 2.38. The molecule has 14 heavy (non-hydrogen) atoms. The lowest BCUT2D eigenvalue weighted by Crippen LogP contribution is -2.47. The zero-order chi connectivity index (χ0) is 10.1. The van der Waals surface area contributed by atoms with E-state index in [0.717, 1.165) is 25.9 Å². The van der Waals surface area contributed by atoms with E-state index in [1.165, 1.54) is 6.42 Å². The number of nitrogens with one attached hydrogen (secondary N) is 1. The molecule has 0 spiro atoms. The van der Waals surface area contributed by atoms with Gasteiger partial charge in [-0.2, -0.15) is 0 Å². The molecule has 4 nitrogen and oxygen atoms in total. The molecule has 0 aromatic carbocycles. The van der Waals surface area contributed by atoms with Crippen LogP contribution in [0.1, 0.15) is 19.3 Å². The number of fused-ring (bicyclic) bond motifs is 2. The topological polar surface area (TPSA) is 35.6 Å². The Kier molecular flexibility index (Phi) is 2.63. The van der Waals surface area contributed by atoms with Crippen LogP contribution in [0.3, 0.4) is 0 Å². The standard InChI is InChI=1S/C10H19N3O/c1-12(2)10(14)13-8-3-4-9(13)7-11-6-5-8/h8-9,11H,3-7H2,1-2H3. The minimum atomic E-state index is 0.182. The van der Waals surface area contributed by atoms with Crippen molar-refractivity contribution < 1.29 is 4.79 Å². The summed E-state index contributed by atoms with van der Waals surface area (Å²) in [6.07, 6.45) is 3.46. The summed E-state index contributed by atoms with van der Waals surface area (Å²) in [7, 11) is 3.67. The van der Waals surface area contributed by atoms with Crippen LogP contribution in [0.5, 0.6) is 0 Å². The summed E-state index contributed by atoms with van der Waals surface area (Å²) in [5, 5.41) is 3.39. The highest BCUT2D eigenvalue weighted by Crippen LogP contribution is 2.28. The Bertz CT molecular complexity index is 215. The third kappa shape index (κ3) is 1.59. The number of urea groups is 1. The number of hydrogen-bond donors (Lipinski definition) is 1. The number of rotatable bonds is 0. The van der Waals surface area contributed by atoms with Gasteiger partial charge in [0.25, 0.3) is 0 Å². The van der Waals surface area contributed by atoms with Crippen LogP contribution in [0.2, 0.25) is 0 Å². The van der Waals surface area contributed by atoms with Crippen molar-refractivity contribution in [3.05, 3.63) is 0 Å². The number of carbonyl (C=O) groups excluding carboxylic acids is 1. The SMILES string of the molecule is CN(C)C(=O)N1C2CCNCC1CC2. The smallest absolute Gasteiger partial charge is 0.320 e. The molecule has 0 radical (unpaired) electrons. The second-order valence-corrected chi connectivity index (χ2v) is 4.46. The molecule has 2 amide bonds. The predicted molar refractivity (Wildman–Crippen MR) is 55.2 cm³/mol. The molecule has 2 bridgehead atoms. The van der Waals surface area contributed by atoms with Gasteiger partial charge in [0.1, 0.15) is 0 Å². The molecule has 0 saturated carbocycles. The molecule has 2 unspecified atom stereocenters. The van der Waals surface area contributed by atoms with E-state index in [1.54, 1.807) is 4.90 Å². The van der Waals surface area contributed by atoms with E-state index >= 15 is 0 Å². The Balaban J connectivity index is 2.12. The summed E-state index contributed by atoms with van der Waals surface area (Å²) in [5.74, 6) is 0. The minimum absolute atomic E-state index is 0.182. The van der Waals surface area contributed by atoms with Crippen molar-refractivity contribution in [2.24, 2.45) is 0 Å². The van der Waals surface area contributed by atoms with Gasteiger partial charge in [-0.15, -0.1) is 0 Å². The maximum atomic E-state index is 11.9. The molecule has 2 aliphatic rings. The highest BCUT2D eigenvalue weighted by molar-refractivity contribution is 5.75. The van der Waals surface area contributed by atoms with Crippen LogP contribution in [0.15, 0.2) is 0 Å². The molecule has 2 rings (SSSR count). The van der Waals surface area contributed by atoms with Gasteiger partial charge >= 0.3 is 6.03 Å². The molecule has 80 valence electrons. The normalized spacial score (nSPS) is 31.4. The maximum Gasteiger partial charge on any atom is 0.320 e. The van der Waals surface area contributed by atoms with Gasteiger partial charge in [0.15, 0.2) is 0 Å². The second-order valence-electron chi connectivity index (χ2n) is 4.46. The van der Waals surface area contributed by atoms with Crippen LogP contribution in [-0.4, -0.2) is 55.1 Å². The molecular formula is C10H19N3O. The molecule has 0 aliphatic carbocycles. The fourth-order valence-corrected chi connectivity index (χ4v) is 2.53. The molecule has 2 aliphatic heterocycles. The molecular weight excluding hydrogens is 178 g/mol. The van der Waals surface area contributed by atoms with E-state index in [1.807, 2.05) is 14.1 Å². The average Bonchev–Trinajstić information content (AvgIpc) is 2.38. The predicted octanol–water partition coefficient (Wildman–Crippen LogP) is 0.494. The number of hydrogen-bond acceptors (Lipinski definition) is 2. The van der Waals surface area contributed by atoms with E-state index in [-0.39, 0.29) is 6.03 Å². The third-order valence-corrected chi connectivity index (χ3v) is 3.26. The van der Waals surface area contributed by atoms with Gasteiger partial charge in [0.2, 0.25) is 0 Å². The molecule has 0 aromatic rings. The molecule has 2 fully saturated rings. The van der Waals surface area contributed by atoms with Crippen molar-refractivity contribution in [3.63, 3.8) is 0 Å². The summed E-state index contributed by atoms with van der Waals surface area (Å²) < 4.78 is 0. The first kappa shape index (κ1) is 9.77. The third-order valence-electron chi connectivity index (χ3n) is 3.26. The maximum absolute atomic E-state index is 11.9. The van der Waals surface area contributed by atoms with Crippen molar-refractivity contribution >= 4 is 6.03 Å². The molecule has 2 atom stereocenters. The summed E-state index contributed by atoms with van der Waals surface area (Å²) in [6.45, 7) is 2.02. The Morgan fingerprint density at radius 2 is 2.00 bits per heavy atom. The summed E-state index contributed by atoms with van der Waals surface area (Å²) in [6, 6.07) is 1.09. The van der Waals surface area contributed by atoms with E-state index in [4.69, 9.17) is 0 Å². The first-order chi connectivity index (χ1) is 6.70. The van der Waals surface area contributed by atoms with Gasteiger partial charge in [-0.1, -0.05) is 0 Å². The molecule has 4 heteroatoms. The van der Waals surface area contributed by atoms with Crippen molar-refractivity contribution in [1.29, 1.82) is 0 Å². The lowest BCUT2D eigenvalue weighted by atomic mass is 10.1. The second kappa shape index (κ2) is 3.77. The Labute approximate surface area is 85.2 Å². The number of carbonyl (C=O) groups is 1. The largest absolute Gasteiger partial charge is 0.331 e. The quantitative estimate of drug-likeness (QED) is 0.613. The fraction of sp³-hybridized carbons (Fsp3) is 0.900. The van der Waals surface area contributed by atoms with Crippen LogP contribution in [-0.2, 0) is 0 Å². The van der Waals surface area contributed by atoms with E-state index in [9.17, 15) is 4.79 Å². The van der Waals surface area contributed by atoms with Crippen molar-refractivity contribution in [2.45, 2.75) is 31.3 Å². The van der Waals surface area contributed by atoms with E-state index in [0.29, 0.717) is 12.1 Å². The minimum Gasteiger partial charge on any atom is -0.331 e. The average molecular weight is 197 g/mol. The first-order valence-corrected chi connectivity index (χ1v) is 5.40. The number of amides is 2. The Morgan fingerprint density at radius 1 is 1.29 bits per heavy atom. The number of nitrogens with zero attached hydrogens (tertiary/aromatic N) is 2. The van der Waals surface area contributed by atoms with Gasteiger partial charge in [0, 0.05) is 32.7 Å². The fourth-order valence-electron chi connectivity index (χ4n) is 2.53. The van der Waals surface area contributed by atoms with Crippen LogP contribution < -0.4 is 5.32 Å². The Morgan fingerprint density at radius 3 is 2.71 bits per heavy atom. The van der Waals surface area contributed by atoms with Crippen molar-refractivity contribution in [2.75, 3.05) is 27.2 Å². The van der Waals surface area contributed by atoms with Gasteiger partial charge in [-0.25, -0.2) is 4.79 Å².